The molecule has 2 aromatic rings. The standard InChI is InChI=1S/C18H22O2/c1-4-13-6-7-14(5-2)17(12-13)18(19)15-8-10-16(20-3)11-9-15/h6-12,18-19H,4-5H2,1-3H3. The van der Waals surface area contributed by atoms with E-state index in [4.69, 9.17) is 4.74 Å². The number of hydrogen-bond acceptors (Lipinski definition) is 2. The Balaban J connectivity index is 2.37. The minimum absolute atomic E-state index is 0.581. The monoisotopic (exact) mass is 270 g/mol. The van der Waals surface area contributed by atoms with Crippen LogP contribution in [0.3, 0.4) is 0 Å². The molecule has 2 nitrogen and oxygen atoms in total. The topological polar surface area (TPSA) is 29.5 Å². The highest BCUT2D eigenvalue weighted by Crippen LogP contribution is 2.28. The van der Waals surface area contributed by atoms with Crippen molar-refractivity contribution in [2.45, 2.75) is 32.8 Å². The smallest absolute Gasteiger partial charge is 0.118 e. The molecule has 0 saturated carbocycles. The molecule has 2 heteroatoms. The van der Waals surface area contributed by atoms with Crippen LogP contribution in [0.1, 0.15) is 42.2 Å². The summed E-state index contributed by atoms with van der Waals surface area (Å²) in [7, 11) is 1.64. The van der Waals surface area contributed by atoms with E-state index in [9.17, 15) is 5.11 Å². The van der Waals surface area contributed by atoms with Gasteiger partial charge in [0.1, 0.15) is 11.9 Å². The Bertz CT molecular complexity index is 558. The van der Waals surface area contributed by atoms with Gasteiger partial charge in [-0.3, -0.25) is 0 Å². The third-order valence-electron chi connectivity index (χ3n) is 3.73. The molecule has 0 aliphatic carbocycles. The van der Waals surface area contributed by atoms with Crippen LogP contribution in [0.25, 0.3) is 0 Å². The van der Waals surface area contributed by atoms with Crippen molar-refractivity contribution in [3.63, 3.8) is 0 Å². The van der Waals surface area contributed by atoms with Crippen molar-refractivity contribution in [3.8, 4) is 5.75 Å². The summed E-state index contributed by atoms with van der Waals surface area (Å²) in [4.78, 5) is 0. The van der Waals surface area contributed by atoms with Crippen LogP contribution < -0.4 is 4.74 Å². The average molecular weight is 270 g/mol. The van der Waals surface area contributed by atoms with Crippen LogP contribution in [0, 0.1) is 0 Å². The van der Waals surface area contributed by atoms with Gasteiger partial charge >= 0.3 is 0 Å². The molecule has 0 heterocycles. The van der Waals surface area contributed by atoms with Gasteiger partial charge in [0.15, 0.2) is 0 Å². The highest BCUT2D eigenvalue weighted by Gasteiger charge is 2.14. The van der Waals surface area contributed by atoms with Gasteiger partial charge in [-0.2, -0.15) is 0 Å². The van der Waals surface area contributed by atoms with Crippen LogP contribution in [0.2, 0.25) is 0 Å². The lowest BCUT2D eigenvalue weighted by Crippen LogP contribution is -2.04. The molecule has 0 radical (unpaired) electrons. The van der Waals surface area contributed by atoms with Crippen LogP contribution in [0.15, 0.2) is 42.5 Å². The van der Waals surface area contributed by atoms with Gasteiger partial charge in [-0.05, 0) is 47.2 Å². The van der Waals surface area contributed by atoms with Crippen molar-refractivity contribution in [2.24, 2.45) is 0 Å². The fraction of sp³-hybridized carbons (Fsp3) is 0.333. The summed E-state index contributed by atoms with van der Waals surface area (Å²) in [6, 6.07) is 14.0. The Labute approximate surface area is 121 Å². The van der Waals surface area contributed by atoms with Crippen LogP contribution in [-0.2, 0) is 12.8 Å². The van der Waals surface area contributed by atoms with Crippen LogP contribution >= 0.6 is 0 Å². The van der Waals surface area contributed by atoms with Gasteiger partial charge in [0.2, 0.25) is 0 Å². The second-order valence-electron chi connectivity index (χ2n) is 4.92. The van der Waals surface area contributed by atoms with Crippen molar-refractivity contribution < 1.29 is 9.84 Å². The fourth-order valence-corrected chi connectivity index (χ4v) is 2.41. The molecule has 0 aromatic heterocycles. The van der Waals surface area contributed by atoms with E-state index in [0.29, 0.717) is 0 Å². The van der Waals surface area contributed by atoms with E-state index in [0.717, 1.165) is 29.7 Å². The maximum Gasteiger partial charge on any atom is 0.118 e. The first-order chi connectivity index (χ1) is 9.69. The normalized spacial score (nSPS) is 12.2. The number of aryl methyl sites for hydroxylation is 2. The van der Waals surface area contributed by atoms with Crippen molar-refractivity contribution in [3.05, 3.63) is 64.7 Å². The number of aliphatic hydroxyl groups is 1. The zero-order chi connectivity index (χ0) is 14.5. The van der Waals surface area contributed by atoms with Gasteiger partial charge in [0.25, 0.3) is 0 Å². The quantitative estimate of drug-likeness (QED) is 0.892. The molecule has 20 heavy (non-hydrogen) atoms. The van der Waals surface area contributed by atoms with Crippen molar-refractivity contribution in [1.29, 1.82) is 0 Å². The summed E-state index contributed by atoms with van der Waals surface area (Å²) < 4.78 is 5.15. The van der Waals surface area contributed by atoms with Crippen molar-refractivity contribution in [1.82, 2.24) is 0 Å². The first-order valence-corrected chi connectivity index (χ1v) is 7.13. The van der Waals surface area contributed by atoms with E-state index >= 15 is 0 Å². The first kappa shape index (κ1) is 14.6. The number of aliphatic hydroxyl groups excluding tert-OH is 1. The minimum Gasteiger partial charge on any atom is -0.497 e. The first-order valence-electron chi connectivity index (χ1n) is 7.13. The molecule has 0 spiro atoms. The van der Waals surface area contributed by atoms with Crippen LogP contribution in [0.4, 0.5) is 0 Å². The molecule has 2 rings (SSSR count). The Morgan fingerprint density at radius 2 is 1.70 bits per heavy atom. The molecule has 1 atom stereocenters. The molecular formula is C18H22O2. The average Bonchev–Trinajstić information content (AvgIpc) is 2.53. The molecule has 0 aliphatic rings. The molecule has 0 aliphatic heterocycles. The van der Waals surface area contributed by atoms with Crippen molar-refractivity contribution in [2.75, 3.05) is 7.11 Å². The summed E-state index contributed by atoms with van der Waals surface area (Å²) in [5, 5.41) is 10.6. The molecule has 0 saturated heterocycles. The maximum absolute atomic E-state index is 10.6. The number of methoxy groups -OCH3 is 1. The zero-order valence-corrected chi connectivity index (χ0v) is 12.4. The highest BCUT2D eigenvalue weighted by atomic mass is 16.5. The van der Waals surface area contributed by atoms with E-state index in [1.807, 2.05) is 24.3 Å². The summed E-state index contributed by atoms with van der Waals surface area (Å²) in [6.07, 6.45) is 1.32. The number of hydrogen-bond donors (Lipinski definition) is 1. The predicted octanol–water partition coefficient (Wildman–Crippen LogP) is 3.90. The lowest BCUT2D eigenvalue weighted by Gasteiger charge is -2.17. The number of rotatable bonds is 5. The van der Waals surface area contributed by atoms with Gasteiger partial charge in [-0.25, -0.2) is 0 Å². The molecule has 0 fully saturated rings. The molecule has 1 unspecified atom stereocenters. The zero-order valence-electron chi connectivity index (χ0n) is 12.4. The Morgan fingerprint density at radius 1 is 1.00 bits per heavy atom. The highest BCUT2D eigenvalue weighted by molar-refractivity contribution is 5.40. The van der Waals surface area contributed by atoms with E-state index < -0.39 is 6.10 Å². The predicted molar refractivity (Wildman–Crippen MR) is 82.3 cm³/mol. The third-order valence-corrected chi connectivity index (χ3v) is 3.73. The third kappa shape index (κ3) is 3.02. The molecule has 2 aromatic carbocycles. The lowest BCUT2D eigenvalue weighted by atomic mass is 9.93. The minimum atomic E-state index is -0.581. The van der Waals surface area contributed by atoms with Gasteiger partial charge in [-0.15, -0.1) is 0 Å². The summed E-state index contributed by atoms with van der Waals surface area (Å²) in [5.74, 6) is 0.805. The lowest BCUT2D eigenvalue weighted by molar-refractivity contribution is 0.219. The van der Waals surface area contributed by atoms with E-state index in [2.05, 4.69) is 32.0 Å². The maximum atomic E-state index is 10.6. The van der Waals surface area contributed by atoms with Gasteiger partial charge < -0.3 is 9.84 Å². The van der Waals surface area contributed by atoms with Crippen molar-refractivity contribution >= 4 is 0 Å². The fourth-order valence-electron chi connectivity index (χ4n) is 2.41. The number of benzene rings is 2. The Kier molecular flexibility index (Phi) is 4.80. The molecule has 106 valence electrons. The van der Waals surface area contributed by atoms with E-state index in [-0.39, 0.29) is 0 Å². The largest absolute Gasteiger partial charge is 0.497 e. The Hall–Kier alpha value is -1.80. The summed E-state index contributed by atoms with van der Waals surface area (Å²) >= 11 is 0. The van der Waals surface area contributed by atoms with E-state index in [1.54, 1.807) is 7.11 Å². The second-order valence-corrected chi connectivity index (χ2v) is 4.92. The second kappa shape index (κ2) is 6.58. The molecule has 0 amide bonds. The number of ether oxygens (including phenoxy) is 1. The molecular weight excluding hydrogens is 248 g/mol. The Morgan fingerprint density at radius 3 is 2.25 bits per heavy atom. The van der Waals surface area contributed by atoms with Gasteiger partial charge in [0.05, 0.1) is 7.11 Å². The summed E-state index contributed by atoms with van der Waals surface area (Å²) in [6.45, 7) is 4.25. The van der Waals surface area contributed by atoms with Crippen LogP contribution in [-0.4, -0.2) is 12.2 Å². The molecule has 0 bridgehead atoms. The summed E-state index contributed by atoms with van der Waals surface area (Å²) in [5.41, 5.74) is 4.36. The van der Waals surface area contributed by atoms with Gasteiger partial charge in [0, 0.05) is 0 Å². The van der Waals surface area contributed by atoms with Gasteiger partial charge in [-0.1, -0.05) is 44.2 Å². The van der Waals surface area contributed by atoms with E-state index in [1.165, 1.54) is 11.1 Å². The molecule has 1 N–H and O–H groups in total. The SMILES string of the molecule is CCc1ccc(CC)c(C(O)c2ccc(OC)cc2)c1. The van der Waals surface area contributed by atoms with Crippen LogP contribution in [0.5, 0.6) is 5.75 Å².